The molecule has 3 saturated heterocycles. The number of aromatic amines is 1. The maximum Gasteiger partial charge on any atom is 0.407 e. The second-order valence-corrected chi connectivity index (χ2v) is 14.2. The average Bonchev–Trinajstić information content (AvgIpc) is 3.37. The quantitative estimate of drug-likeness (QED) is 0.325. The summed E-state index contributed by atoms with van der Waals surface area (Å²) in [5.41, 5.74) is 3.08. The number of halogens is 2. The molecule has 1 aromatic carbocycles. The van der Waals surface area contributed by atoms with Crippen LogP contribution in [0.4, 0.5) is 14.9 Å². The van der Waals surface area contributed by atoms with Gasteiger partial charge in [0.25, 0.3) is 0 Å². The third kappa shape index (κ3) is 5.62. The predicted molar refractivity (Wildman–Crippen MR) is 184 cm³/mol. The topological polar surface area (TPSA) is 129 Å². The first-order valence-electron chi connectivity index (χ1n) is 17.7. The molecule has 6 bridgehead atoms. The van der Waals surface area contributed by atoms with Gasteiger partial charge in [-0.2, -0.15) is 5.10 Å². The number of amides is 1. The summed E-state index contributed by atoms with van der Waals surface area (Å²) in [6.07, 6.45) is 7.73. The molecule has 49 heavy (non-hydrogen) atoms. The molecule has 2 aromatic heterocycles. The number of methoxy groups -OCH3 is 1. The van der Waals surface area contributed by atoms with Crippen LogP contribution < -0.4 is 10.6 Å². The molecule has 12 nitrogen and oxygen atoms in total. The zero-order valence-corrected chi connectivity index (χ0v) is 29.0. The number of benzene rings is 1. The molecule has 262 valence electrons. The molecule has 1 amide bonds. The second kappa shape index (κ2) is 13.0. The summed E-state index contributed by atoms with van der Waals surface area (Å²) < 4.78 is 35.3. The molecule has 6 aliphatic heterocycles. The number of aliphatic imine (C=N–C) groups is 1. The first-order valence-corrected chi connectivity index (χ1v) is 18.1. The van der Waals surface area contributed by atoms with E-state index in [1.807, 2.05) is 19.9 Å². The highest BCUT2D eigenvalue weighted by atomic mass is 35.5. The molecular weight excluding hydrogens is 651 g/mol. The fraction of sp³-hybridized carbons (Fsp3) is 0.600. The van der Waals surface area contributed by atoms with E-state index >= 15 is 4.39 Å². The number of ether oxygens (including phenoxy) is 3. The molecular formula is C35H44ClFN8O4. The fourth-order valence-electron chi connectivity index (χ4n) is 8.73. The number of hydrogen-bond donors (Lipinski definition) is 3. The van der Waals surface area contributed by atoms with Crippen molar-refractivity contribution >= 4 is 40.1 Å². The van der Waals surface area contributed by atoms with Crippen LogP contribution >= 0.6 is 11.6 Å². The van der Waals surface area contributed by atoms with E-state index in [0.717, 1.165) is 56.1 Å². The van der Waals surface area contributed by atoms with Crippen LogP contribution in [0.5, 0.6) is 0 Å². The van der Waals surface area contributed by atoms with Gasteiger partial charge in [0.05, 0.1) is 48.3 Å². The van der Waals surface area contributed by atoms with Gasteiger partial charge in [-0.25, -0.2) is 14.2 Å². The summed E-state index contributed by atoms with van der Waals surface area (Å²) in [6, 6.07) is 1.46. The molecule has 0 radical (unpaired) electrons. The standard InChI is InChI=1S/C33H38ClFN8O4.C2H6/c1-45-24-4-9-42-14-23(24)38-32(44)46-15-17-10-18(17)25-21(34)11-22-19(13-37-41-22)26(25)29-27(35)28-20(12-36-29)30(42)40-31(39-28)47-16-33-5-2-7-43(33)8-3-6-33;1-2/h11-13,17-18,23-24,31,39H,2-10,14-16H2,1H3,(H,37,41)(H,38,44);1-2H3. The summed E-state index contributed by atoms with van der Waals surface area (Å²) in [6.45, 7) is 7.89. The number of anilines is 1. The number of H-pyrrole nitrogens is 1. The van der Waals surface area contributed by atoms with Gasteiger partial charge in [0.1, 0.15) is 11.5 Å². The monoisotopic (exact) mass is 694 g/mol. The Morgan fingerprint density at radius 1 is 1.16 bits per heavy atom. The Morgan fingerprint density at radius 3 is 2.78 bits per heavy atom. The highest BCUT2D eigenvalue weighted by Crippen LogP contribution is 2.54. The highest BCUT2D eigenvalue weighted by molar-refractivity contribution is 6.33. The van der Waals surface area contributed by atoms with E-state index in [1.165, 1.54) is 0 Å². The van der Waals surface area contributed by atoms with Crippen molar-refractivity contribution in [2.75, 3.05) is 51.8 Å². The number of amidine groups is 1. The zero-order valence-electron chi connectivity index (χ0n) is 28.2. The molecule has 1 saturated carbocycles. The first kappa shape index (κ1) is 32.7. The van der Waals surface area contributed by atoms with E-state index < -0.39 is 18.3 Å². The number of carbonyl (C=O) groups excluding carboxylic acids is 1. The normalized spacial score (nSPS) is 28.3. The average molecular weight is 695 g/mol. The Bertz CT molecular complexity index is 1780. The maximum absolute atomic E-state index is 17.2. The van der Waals surface area contributed by atoms with Crippen molar-refractivity contribution in [3.8, 4) is 11.3 Å². The van der Waals surface area contributed by atoms with Crippen LogP contribution in [0.2, 0.25) is 5.02 Å². The zero-order chi connectivity index (χ0) is 33.9. The molecule has 5 atom stereocenters. The second-order valence-electron chi connectivity index (χ2n) is 13.8. The van der Waals surface area contributed by atoms with E-state index in [2.05, 4.69) is 30.6 Å². The van der Waals surface area contributed by atoms with Crippen molar-refractivity contribution in [2.24, 2.45) is 10.9 Å². The third-order valence-corrected chi connectivity index (χ3v) is 11.6. The molecule has 8 heterocycles. The van der Waals surface area contributed by atoms with Crippen molar-refractivity contribution in [3.63, 3.8) is 0 Å². The van der Waals surface area contributed by atoms with Crippen molar-refractivity contribution in [2.45, 2.75) is 82.3 Å². The lowest BCUT2D eigenvalue weighted by Crippen LogP contribution is -2.57. The minimum Gasteiger partial charge on any atom is -0.449 e. The molecule has 10 rings (SSSR count). The Morgan fingerprint density at radius 2 is 1.98 bits per heavy atom. The Hall–Kier alpha value is -3.52. The van der Waals surface area contributed by atoms with Gasteiger partial charge in [-0.05, 0) is 69.2 Å². The fourth-order valence-corrected chi connectivity index (χ4v) is 9.07. The number of nitrogens with zero attached hydrogens (tertiary/aromatic N) is 5. The lowest BCUT2D eigenvalue weighted by Gasteiger charge is -2.41. The minimum atomic E-state index is -0.810. The minimum absolute atomic E-state index is 0.00290. The van der Waals surface area contributed by atoms with E-state index in [9.17, 15) is 4.79 Å². The lowest BCUT2D eigenvalue weighted by molar-refractivity contribution is 0.000931. The van der Waals surface area contributed by atoms with Crippen LogP contribution in [0, 0.1) is 11.7 Å². The van der Waals surface area contributed by atoms with Gasteiger partial charge in [-0.3, -0.25) is 15.0 Å². The van der Waals surface area contributed by atoms with E-state index in [1.54, 1.807) is 19.5 Å². The van der Waals surface area contributed by atoms with E-state index in [0.29, 0.717) is 53.6 Å². The van der Waals surface area contributed by atoms with E-state index in [-0.39, 0.29) is 47.5 Å². The van der Waals surface area contributed by atoms with Crippen LogP contribution in [0.15, 0.2) is 23.5 Å². The number of piperidine rings is 1. The molecule has 5 unspecified atom stereocenters. The number of fused-ring (bicyclic) bond motifs is 6. The summed E-state index contributed by atoms with van der Waals surface area (Å²) >= 11 is 6.93. The van der Waals surface area contributed by atoms with Gasteiger partial charge < -0.3 is 29.7 Å². The van der Waals surface area contributed by atoms with Gasteiger partial charge >= 0.3 is 6.09 Å². The molecule has 0 spiro atoms. The Kier molecular flexibility index (Phi) is 8.66. The van der Waals surface area contributed by atoms with Crippen LogP contribution in [0.25, 0.3) is 22.2 Å². The number of nitrogens with one attached hydrogen (secondary N) is 3. The number of carbonyl (C=O) groups is 1. The molecule has 3 N–H and O–H groups in total. The predicted octanol–water partition coefficient (Wildman–Crippen LogP) is 5.48. The Balaban J connectivity index is 0.00000171. The number of aromatic nitrogens is 3. The van der Waals surface area contributed by atoms with Crippen molar-refractivity contribution in [3.05, 3.63) is 40.4 Å². The van der Waals surface area contributed by atoms with Crippen LogP contribution in [-0.2, 0) is 14.2 Å². The maximum atomic E-state index is 17.2. The number of alkyl carbamates (subject to hydrolysis) is 1. The number of pyridine rings is 1. The molecule has 4 fully saturated rings. The van der Waals surface area contributed by atoms with Crippen LogP contribution in [0.3, 0.4) is 0 Å². The Labute approximate surface area is 290 Å². The van der Waals surface area contributed by atoms with Gasteiger partial charge in [0.15, 0.2) is 5.82 Å². The van der Waals surface area contributed by atoms with Crippen LogP contribution in [-0.4, -0.2) is 107 Å². The number of hydrogen-bond acceptors (Lipinski definition) is 10. The van der Waals surface area contributed by atoms with Gasteiger partial charge in [-0.1, -0.05) is 25.4 Å². The summed E-state index contributed by atoms with van der Waals surface area (Å²) in [4.78, 5) is 27.5. The van der Waals surface area contributed by atoms with Gasteiger partial charge in [0, 0.05) is 53.8 Å². The van der Waals surface area contributed by atoms with E-state index in [4.69, 9.17) is 35.8 Å². The first-order chi connectivity index (χ1) is 23.9. The summed E-state index contributed by atoms with van der Waals surface area (Å²) in [7, 11) is 1.65. The van der Waals surface area contributed by atoms with Crippen molar-refractivity contribution < 1.29 is 23.4 Å². The SMILES string of the molecule is CC.COC1CCN2CC1NC(=O)OCC1CC1c1c(Cl)cc3[nH]ncc3c1-c1ncc3c(c1F)NC(OCC14CCCN1CCC4)N=C32. The number of rotatable bonds is 4. The molecule has 14 heteroatoms. The van der Waals surface area contributed by atoms with Gasteiger partial charge in [-0.15, -0.1) is 0 Å². The molecule has 1 aliphatic carbocycles. The summed E-state index contributed by atoms with van der Waals surface area (Å²) in [5, 5.41) is 14.8. The lowest BCUT2D eigenvalue weighted by atomic mass is 9.94. The van der Waals surface area contributed by atoms with Crippen molar-refractivity contribution in [1.82, 2.24) is 30.3 Å². The van der Waals surface area contributed by atoms with Gasteiger partial charge in [0.2, 0.25) is 6.35 Å². The largest absolute Gasteiger partial charge is 0.449 e. The van der Waals surface area contributed by atoms with Crippen molar-refractivity contribution in [1.29, 1.82) is 0 Å². The highest BCUT2D eigenvalue weighted by Gasteiger charge is 2.46. The smallest absolute Gasteiger partial charge is 0.407 e. The molecule has 7 aliphatic rings. The third-order valence-electron chi connectivity index (χ3n) is 11.2. The summed E-state index contributed by atoms with van der Waals surface area (Å²) in [5.74, 6) is 0.0783. The van der Waals surface area contributed by atoms with Crippen LogP contribution in [0.1, 0.15) is 69.4 Å². The molecule has 3 aromatic rings.